The fourth-order valence-electron chi connectivity index (χ4n) is 2.16. The Labute approximate surface area is 103 Å². The summed E-state index contributed by atoms with van der Waals surface area (Å²) in [5.41, 5.74) is 2.73. The zero-order chi connectivity index (χ0) is 12.1. The molecule has 0 saturated heterocycles. The van der Waals surface area contributed by atoms with Gasteiger partial charge in [-0.25, -0.2) is 0 Å². The van der Waals surface area contributed by atoms with Gasteiger partial charge in [0.15, 0.2) is 0 Å². The third kappa shape index (κ3) is 3.04. The summed E-state index contributed by atoms with van der Waals surface area (Å²) < 4.78 is 0. The van der Waals surface area contributed by atoms with Crippen molar-refractivity contribution in [3.05, 3.63) is 29.6 Å². The molecule has 0 amide bonds. The van der Waals surface area contributed by atoms with Crippen LogP contribution in [0.15, 0.2) is 18.3 Å². The van der Waals surface area contributed by atoms with Crippen LogP contribution in [-0.4, -0.2) is 11.5 Å². The van der Waals surface area contributed by atoms with Gasteiger partial charge in [0.05, 0.1) is 11.8 Å². The van der Waals surface area contributed by atoms with E-state index in [1.54, 1.807) is 0 Å². The molecule has 0 bridgehead atoms. The number of aryl methyl sites for hydroxylation is 1. The van der Waals surface area contributed by atoms with Crippen LogP contribution in [0.4, 0.5) is 0 Å². The Bertz CT molecular complexity index is 416. The third-order valence-corrected chi connectivity index (χ3v) is 3.57. The molecule has 0 aliphatic heterocycles. The maximum Gasteiger partial charge on any atom is 0.0628 e. The summed E-state index contributed by atoms with van der Waals surface area (Å²) in [6.07, 6.45) is 5.93. The van der Waals surface area contributed by atoms with Crippen LogP contribution in [0.25, 0.3) is 0 Å². The van der Waals surface area contributed by atoms with Gasteiger partial charge in [-0.15, -0.1) is 0 Å². The fourth-order valence-corrected chi connectivity index (χ4v) is 2.16. The first-order valence-corrected chi connectivity index (χ1v) is 6.30. The van der Waals surface area contributed by atoms with E-state index in [9.17, 15) is 0 Å². The Kier molecular flexibility index (Phi) is 3.75. The van der Waals surface area contributed by atoms with E-state index in [1.165, 1.54) is 18.4 Å². The average Bonchev–Trinajstić information content (AvgIpc) is 3.10. The average molecular weight is 229 g/mol. The Balaban J connectivity index is 1.84. The second kappa shape index (κ2) is 5.29. The molecule has 0 aromatic carbocycles. The Hall–Kier alpha value is -1.40. The lowest BCUT2D eigenvalue weighted by molar-refractivity contribution is 0.464. The predicted molar refractivity (Wildman–Crippen MR) is 67.2 cm³/mol. The molecule has 0 unspecified atom stereocenters. The van der Waals surface area contributed by atoms with Gasteiger partial charge in [-0.05, 0) is 36.3 Å². The Morgan fingerprint density at radius 2 is 2.35 bits per heavy atom. The molecule has 0 radical (unpaired) electrons. The van der Waals surface area contributed by atoms with Crippen LogP contribution in [0.1, 0.15) is 37.4 Å². The van der Waals surface area contributed by atoms with Crippen molar-refractivity contribution in [1.82, 2.24) is 10.3 Å². The highest BCUT2D eigenvalue weighted by Gasteiger charge is 2.41. The SMILES string of the molecule is CCc1cccnc1CNCC1(CC#N)CC1. The number of aromatic nitrogens is 1. The van der Waals surface area contributed by atoms with Gasteiger partial charge in [0.2, 0.25) is 0 Å². The van der Waals surface area contributed by atoms with Crippen molar-refractivity contribution in [1.29, 1.82) is 5.26 Å². The van der Waals surface area contributed by atoms with E-state index in [2.05, 4.69) is 29.4 Å². The first-order chi connectivity index (χ1) is 8.29. The number of hydrogen-bond acceptors (Lipinski definition) is 3. The second-order valence-corrected chi connectivity index (χ2v) is 4.90. The van der Waals surface area contributed by atoms with Gasteiger partial charge in [0.25, 0.3) is 0 Å². The maximum absolute atomic E-state index is 8.75. The van der Waals surface area contributed by atoms with E-state index >= 15 is 0 Å². The molecule has 1 aliphatic carbocycles. The number of rotatable bonds is 6. The van der Waals surface area contributed by atoms with Crippen molar-refractivity contribution in [2.24, 2.45) is 5.41 Å². The molecule has 1 aromatic rings. The molecule has 0 atom stereocenters. The van der Waals surface area contributed by atoms with Crippen LogP contribution in [0.5, 0.6) is 0 Å². The van der Waals surface area contributed by atoms with Crippen molar-refractivity contribution in [2.75, 3.05) is 6.54 Å². The minimum atomic E-state index is 0.274. The molecule has 3 nitrogen and oxygen atoms in total. The molecule has 1 N–H and O–H groups in total. The van der Waals surface area contributed by atoms with Crippen LogP contribution >= 0.6 is 0 Å². The standard InChI is InChI=1S/C14H19N3/c1-2-12-4-3-9-17-13(12)10-16-11-14(5-6-14)7-8-15/h3-4,9,16H,2,5-7,10-11H2,1H3. The van der Waals surface area contributed by atoms with E-state index < -0.39 is 0 Å². The molecule has 1 saturated carbocycles. The van der Waals surface area contributed by atoms with Crippen LogP contribution in [0.2, 0.25) is 0 Å². The molecule has 3 heteroatoms. The van der Waals surface area contributed by atoms with Gasteiger partial charge in [-0.3, -0.25) is 4.98 Å². The third-order valence-electron chi connectivity index (χ3n) is 3.57. The molecule has 90 valence electrons. The summed E-state index contributed by atoms with van der Waals surface area (Å²) in [4.78, 5) is 4.41. The van der Waals surface area contributed by atoms with Crippen molar-refractivity contribution in [2.45, 2.75) is 39.2 Å². The van der Waals surface area contributed by atoms with E-state index in [0.717, 1.165) is 25.2 Å². The van der Waals surface area contributed by atoms with Crippen molar-refractivity contribution in [3.8, 4) is 6.07 Å². The van der Waals surface area contributed by atoms with Crippen molar-refractivity contribution >= 4 is 0 Å². The number of nitriles is 1. The predicted octanol–water partition coefficient (Wildman–Crippen LogP) is 2.43. The Morgan fingerprint density at radius 1 is 1.53 bits per heavy atom. The molecule has 1 aliphatic rings. The largest absolute Gasteiger partial charge is 0.311 e. The lowest BCUT2D eigenvalue weighted by Gasteiger charge is -2.13. The van der Waals surface area contributed by atoms with Crippen LogP contribution in [0.3, 0.4) is 0 Å². The molecule has 1 fully saturated rings. The molecule has 0 spiro atoms. The molecular formula is C14H19N3. The molecular weight excluding hydrogens is 210 g/mol. The zero-order valence-corrected chi connectivity index (χ0v) is 10.4. The second-order valence-electron chi connectivity index (χ2n) is 4.90. The van der Waals surface area contributed by atoms with Gasteiger partial charge in [-0.2, -0.15) is 5.26 Å². The summed E-state index contributed by atoms with van der Waals surface area (Å²) in [7, 11) is 0. The highest BCUT2D eigenvalue weighted by molar-refractivity contribution is 5.19. The highest BCUT2D eigenvalue weighted by Crippen LogP contribution is 2.47. The van der Waals surface area contributed by atoms with E-state index in [4.69, 9.17) is 5.26 Å². The van der Waals surface area contributed by atoms with Crippen LogP contribution < -0.4 is 5.32 Å². The highest BCUT2D eigenvalue weighted by atomic mass is 14.9. The minimum absolute atomic E-state index is 0.274. The smallest absolute Gasteiger partial charge is 0.0628 e. The molecule has 17 heavy (non-hydrogen) atoms. The van der Waals surface area contributed by atoms with Gasteiger partial charge in [-0.1, -0.05) is 13.0 Å². The lowest BCUT2D eigenvalue weighted by Crippen LogP contribution is -2.24. The zero-order valence-electron chi connectivity index (χ0n) is 10.4. The quantitative estimate of drug-likeness (QED) is 0.815. The maximum atomic E-state index is 8.75. The summed E-state index contributed by atoms with van der Waals surface area (Å²) in [6, 6.07) is 6.40. The van der Waals surface area contributed by atoms with Gasteiger partial charge in [0.1, 0.15) is 0 Å². The summed E-state index contributed by atoms with van der Waals surface area (Å²) in [6.45, 7) is 3.91. The number of nitrogens with one attached hydrogen (secondary N) is 1. The summed E-state index contributed by atoms with van der Waals surface area (Å²) >= 11 is 0. The summed E-state index contributed by atoms with van der Waals surface area (Å²) in [5, 5.41) is 12.2. The van der Waals surface area contributed by atoms with E-state index in [0.29, 0.717) is 6.42 Å². The van der Waals surface area contributed by atoms with Crippen molar-refractivity contribution in [3.63, 3.8) is 0 Å². The summed E-state index contributed by atoms with van der Waals surface area (Å²) in [5.74, 6) is 0. The van der Waals surface area contributed by atoms with Gasteiger partial charge in [0, 0.05) is 25.7 Å². The Morgan fingerprint density at radius 3 is 3.00 bits per heavy atom. The number of hydrogen-bond donors (Lipinski definition) is 1. The monoisotopic (exact) mass is 229 g/mol. The number of pyridine rings is 1. The van der Waals surface area contributed by atoms with E-state index in [-0.39, 0.29) is 5.41 Å². The first kappa shape index (κ1) is 12.1. The lowest BCUT2D eigenvalue weighted by atomic mass is 10.0. The van der Waals surface area contributed by atoms with Crippen LogP contribution in [-0.2, 0) is 13.0 Å². The van der Waals surface area contributed by atoms with Gasteiger partial charge < -0.3 is 5.32 Å². The molecule has 1 heterocycles. The van der Waals surface area contributed by atoms with Crippen molar-refractivity contribution < 1.29 is 0 Å². The fraction of sp³-hybridized carbons (Fsp3) is 0.571. The first-order valence-electron chi connectivity index (χ1n) is 6.30. The molecule has 1 aromatic heterocycles. The number of nitrogens with zero attached hydrogens (tertiary/aromatic N) is 2. The van der Waals surface area contributed by atoms with Crippen LogP contribution in [0, 0.1) is 16.7 Å². The minimum Gasteiger partial charge on any atom is -0.311 e. The normalized spacial score (nSPS) is 16.5. The molecule has 2 rings (SSSR count). The topological polar surface area (TPSA) is 48.7 Å². The van der Waals surface area contributed by atoms with E-state index in [1.807, 2.05) is 12.3 Å². The van der Waals surface area contributed by atoms with Gasteiger partial charge >= 0.3 is 0 Å².